The number of carboxylic acid groups (broad SMARTS) is 1. The van der Waals surface area contributed by atoms with Crippen LogP contribution in [0.25, 0.3) is 0 Å². The Morgan fingerprint density at radius 1 is 1.32 bits per heavy atom. The van der Waals surface area contributed by atoms with Crippen LogP contribution in [0.5, 0.6) is 0 Å². The van der Waals surface area contributed by atoms with Gasteiger partial charge in [0.05, 0.1) is 12.1 Å². The number of hydrogen-bond acceptors (Lipinski definition) is 3. The largest absolute Gasteiger partial charge is 0.480 e. The number of carbonyl (C=O) groups is 3. The lowest BCUT2D eigenvalue weighted by Crippen LogP contribution is -2.40. The molecule has 0 aromatic heterocycles. The van der Waals surface area contributed by atoms with Gasteiger partial charge in [-0.05, 0) is 12.1 Å². The Balaban J connectivity index is 2.53. The molecule has 0 saturated carbocycles. The van der Waals surface area contributed by atoms with E-state index >= 15 is 0 Å². The summed E-state index contributed by atoms with van der Waals surface area (Å²) in [6.07, 6.45) is 0. The third kappa shape index (κ3) is 4.38. The minimum atomic E-state index is -1.16. The summed E-state index contributed by atoms with van der Waals surface area (Å²) in [4.78, 5) is 34.4. The first-order valence-electron chi connectivity index (χ1n) is 5.40. The topological polar surface area (TPSA) is 86.7 Å². The summed E-state index contributed by atoms with van der Waals surface area (Å²) in [7, 11) is 1.30. The van der Waals surface area contributed by atoms with Crippen LogP contribution >= 0.6 is 0 Å². The fraction of sp³-hybridized carbons (Fsp3) is 0.250. The molecule has 0 bridgehead atoms. The average molecular weight is 268 g/mol. The first-order chi connectivity index (χ1) is 8.91. The molecule has 1 rings (SSSR count). The Bertz CT molecular complexity index is 504. The summed E-state index contributed by atoms with van der Waals surface area (Å²) in [5.41, 5.74) is -0.170. The minimum Gasteiger partial charge on any atom is -0.480 e. The van der Waals surface area contributed by atoms with Crippen LogP contribution in [0, 0.1) is 5.82 Å². The van der Waals surface area contributed by atoms with E-state index in [1.165, 1.54) is 25.2 Å². The molecule has 0 atom stereocenters. The van der Waals surface area contributed by atoms with Gasteiger partial charge in [0.1, 0.15) is 12.4 Å². The molecular weight excluding hydrogens is 255 g/mol. The fourth-order valence-corrected chi connectivity index (χ4v) is 1.32. The van der Waals surface area contributed by atoms with E-state index in [9.17, 15) is 18.8 Å². The van der Waals surface area contributed by atoms with Crippen molar-refractivity contribution < 1.29 is 23.9 Å². The monoisotopic (exact) mass is 268 g/mol. The maximum atomic E-state index is 13.3. The quantitative estimate of drug-likeness (QED) is 0.793. The van der Waals surface area contributed by atoms with Crippen molar-refractivity contribution in [3.8, 4) is 0 Å². The molecule has 2 N–H and O–H groups in total. The van der Waals surface area contributed by atoms with Crippen LogP contribution in [-0.2, 0) is 9.59 Å². The van der Waals surface area contributed by atoms with E-state index in [0.29, 0.717) is 0 Å². The molecule has 0 fully saturated rings. The number of amides is 2. The zero-order valence-corrected chi connectivity index (χ0v) is 10.2. The molecule has 6 nitrogen and oxygen atoms in total. The summed E-state index contributed by atoms with van der Waals surface area (Å²) in [6.45, 7) is -0.856. The summed E-state index contributed by atoms with van der Waals surface area (Å²) in [5, 5.41) is 10.7. The van der Waals surface area contributed by atoms with Gasteiger partial charge in [0.25, 0.3) is 5.91 Å². The molecule has 0 aliphatic carbocycles. The highest BCUT2D eigenvalue weighted by Crippen LogP contribution is 2.05. The molecule has 1 aromatic rings. The SMILES string of the molecule is CN(CC(=O)O)C(=O)CNC(=O)c1ccccc1F. The van der Waals surface area contributed by atoms with Crippen molar-refractivity contribution in [1.82, 2.24) is 10.2 Å². The van der Waals surface area contributed by atoms with E-state index in [0.717, 1.165) is 11.0 Å². The van der Waals surface area contributed by atoms with Crippen molar-refractivity contribution in [2.75, 3.05) is 20.1 Å². The Labute approximate surface area is 108 Å². The highest BCUT2D eigenvalue weighted by Gasteiger charge is 2.15. The average Bonchev–Trinajstić information content (AvgIpc) is 2.35. The number of nitrogens with one attached hydrogen (secondary N) is 1. The van der Waals surface area contributed by atoms with Gasteiger partial charge in [-0.3, -0.25) is 14.4 Å². The smallest absolute Gasteiger partial charge is 0.323 e. The van der Waals surface area contributed by atoms with E-state index in [1.54, 1.807) is 0 Å². The maximum Gasteiger partial charge on any atom is 0.323 e. The van der Waals surface area contributed by atoms with Gasteiger partial charge in [0.2, 0.25) is 5.91 Å². The van der Waals surface area contributed by atoms with Gasteiger partial charge in [-0.25, -0.2) is 4.39 Å². The highest BCUT2D eigenvalue weighted by atomic mass is 19.1. The van der Waals surface area contributed by atoms with Gasteiger partial charge in [-0.2, -0.15) is 0 Å². The van der Waals surface area contributed by atoms with Gasteiger partial charge in [-0.15, -0.1) is 0 Å². The molecular formula is C12H13FN2O4. The van der Waals surface area contributed by atoms with E-state index in [4.69, 9.17) is 5.11 Å². The predicted molar refractivity (Wildman–Crippen MR) is 64.0 cm³/mol. The van der Waals surface area contributed by atoms with Gasteiger partial charge in [0.15, 0.2) is 0 Å². The molecule has 0 aliphatic heterocycles. The number of aliphatic carboxylic acids is 1. The van der Waals surface area contributed by atoms with E-state index < -0.39 is 36.7 Å². The number of hydrogen-bond donors (Lipinski definition) is 2. The standard InChI is InChI=1S/C12H13FN2O4/c1-15(7-11(17)18)10(16)6-14-12(19)8-4-2-3-5-9(8)13/h2-5H,6-7H2,1H3,(H,14,19)(H,17,18). The second kappa shape index (κ2) is 6.48. The first-order valence-corrected chi connectivity index (χ1v) is 5.40. The zero-order chi connectivity index (χ0) is 14.4. The van der Waals surface area contributed by atoms with Crippen LogP contribution in [0.2, 0.25) is 0 Å². The predicted octanol–water partition coefficient (Wildman–Crippen LogP) is 0.0985. The maximum absolute atomic E-state index is 13.3. The van der Waals surface area contributed by atoms with Gasteiger partial charge >= 0.3 is 5.97 Å². The van der Waals surface area contributed by atoms with Gasteiger partial charge in [-0.1, -0.05) is 12.1 Å². The number of benzene rings is 1. The third-order valence-electron chi connectivity index (χ3n) is 2.32. The minimum absolute atomic E-state index is 0.170. The molecule has 102 valence electrons. The van der Waals surface area contributed by atoms with Crippen LogP contribution in [0.4, 0.5) is 4.39 Å². The van der Waals surface area contributed by atoms with Crippen molar-refractivity contribution in [3.05, 3.63) is 35.6 Å². The summed E-state index contributed by atoms with van der Waals surface area (Å²) < 4.78 is 13.3. The van der Waals surface area contributed by atoms with Crippen molar-refractivity contribution >= 4 is 17.8 Å². The molecule has 0 heterocycles. The summed E-state index contributed by atoms with van der Waals surface area (Å²) >= 11 is 0. The van der Waals surface area contributed by atoms with E-state index in [2.05, 4.69) is 5.32 Å². The van der Waals surface area contributed by atoms with Crippen LogP contribution in [0.15, 0.2) is 24.3 Å². The zero-order valence-electron chi connectivity index (χ0n) is 10.2. The normalized spacial score (nSPS) is 9.79. The molecule has 0 radical (unpaired) electrons. The molecule has 0 saturated heterocycles. The lowest BCUT2D eigenvalue weighted by molar-refractivity contribution is -0.143. The Hall–Kier alpha value is -2.44. The lowest BCUT2D eigenvalue weighted by Gasteiger charge is -2.14. The Morgan fingerprint density at radius 3 is 2.53 bits per heavy atom. The number of nitrogens with zero attached hydrogens (tertiary/aromatic N) is 1. The number of likely N-dealkylation sites (N-methyl/N-ethyl adjacent to an activating group) is 1. The fourth-order valence-electron chi connectivity index (χ4n) is 1.32. The lowest BCUT2D eigenvalue weighted by atomic mass is 10.2. The highest BCUT2D eigenvalue weighted by molar-refractivity contribution is 5.96. The van der Waals surface area contributed by atoms with E-state index in [-0.39, 0.29) is 5.56 Å². The molecule has 19 heavy (non-hydrogen) atoms. The van der Waals surface area contributed by atoms with Crippen molar-refractivity contribution in [2.45, 2.75) is 0 Å². The molecule has 0 aliphatic rings. The van der Waals surface area contributed by atoms with Gasteiger partial charge in [0, 0.05) is 7.05 Å². The second-order valence-electron chi connectivity index (χ2n) is 3.81. The van der Waals surface area contributed by atoms with Crippen LogP contribution in [-0.4, -0.2) is 47.9 Å². The van der Waals surface area contributed by atoms with Crippen molar-refractivity contribution in [3.63, 3.8) is 0 Å². The summed E-state index contributed by atoms with van der Waals surface area (Å²) in [6, 6.07) is 5.36. The molecule has 1 aromatic carbocycles. The molecule has 0 unspecified atom stereocenters. The van der Waals surface area contributed by atoms with Crippen LogP contribution in [0.1, 0.15) is 10.4 Å². The van der Waals surface area contributed by atoms with Crippen molar-refractivity contribution in [1.29, 1.82) is 0 Å². The van der Waals surface area contributed by atoms with Crippen LogP contribution < -0.4 is 5.32 Å². The number of carbonyl (C=O) groups excluding carboxylic acids is 2. The summed E-state index contributed by atoms with van der Waals surface area (Å²) in [5.74, 6) is -3.15. The number of carboxylic acids is 1. The Kier molecular flexibility index (Phi) is 4.99. The second-order valence-corrected chi connectivity index (χ2v) is 3.81. The third-order valence-corrected chi connectivity index (χ3v) is 2.32. The number of halogens is 1. The van der Waals surface area contributed by atoms with Crippen LogP contribution in [0.3, 0.4) is 0 Å². The molecule has 7 heteroatoms. The van der Waals surface area contributed by atoms with Crippen molar-refractivity contribution in [2.24, 2.45) is 0 Å². The number of rotatable bonds is 5. The molecule has 2 amide bonds. The Morgan fingerprint density at radius 2 is 1.95 bits per heavy atom. The van der Waals surface area contributed by atoms with Gasteiger partial charge < -0.3 is 15.3 Å². The first kappa shape index (κ1) is 14.6. The van der Waals surface area contributed by atoms with E-state index in [1.807, 2.05) is 0 Å². The molecule has 0 spiro atoms.